The molecule has 0 atom stereocenters. The molecule has 0 aliphatic carbocycles. The smallest absolute Gasteiger partial charge is 0.119 e. The zero-order valence-corrected chi connectivity index (χ0v) is 11.8. The van der Waals surface area contributed by atoms with Gasteiger partial charge in [0.05, 0.1) is 12.7 Å². The van der Waals surface area contributed by atoms with E-state index in [0.717, 1.165) is 43.1 Å². The van der Waals surface area contributed by atoms with E-state index in [0.29, 0.717) is 6.42 Å². The Morgan fingerprint density at radius 1 is 1.17 bits per heavy atom. The third-order valence-electron chi connectivity index (χ3n) is 2.61. The Hall–Kier alpha value is -1.14. The highest BCUT2D eigenvalue weighted by molar-refractivity contribution is 7.99. The molecule has 0 saturated carbocycles. The molecule has 2 nitrogen and oxygen atoms in total. The Bertz CT molecular complexity index is 356. The van der Waals surface area contributed by atoms with Crippen LogP contribution < -0.4 is 4.74 Å². The van der Waals surface area contributed by atoms with Crippen LogP contribution in [0.2, 0.25) is 0 Å². The molecule has 0 bridgehead atoms. The van der Waals surface area contributed by atoms with Gasteiger partial charge in [-0.3, -0.25) is 0 Å². The summed E-state index contributed by atoms with van der Waals surface area (Å²) in [5, 5.41) is 8.39. The van der Waals surface area contributed by atoms with Crippen LogP contribution in [0, 0.1) is 11.3 Å². The average molecular weight is 263 g/mol. The summed E-state index contributed by atoms with van der Waals surface area (Å²) in [5.74, 6) is 3.15. The number of unbranched alkanes of at least 4 members (excludes halogenated alkanes) is 1. The lowest BCUT2D eigenvalue weighted by molar-refractivity contribution is 0.318. The van der Waals surface area contributed by atoms with Crippen LogP contribution in [-0.2, 0) is 6.42 Å². The minimum Gasteiger partial charge on any atom is -0.494 e. The SMILES string of the molecule is CCc1ccc(OCCCSCCCC#N)cc1. The maximum Gasteiger partial charge on any atom is 0.119 e. The number of nitrogens with zero attached hydrogens (tertiary/aromatic N) is 1. The maximum atomic E-state index is 8.39. The standard InChI is InChI=1S/C15H21NOS/c1-2-14-6-8-15(9-7-14)17-11-5-13-18-12-4-3-10-16/h6-9H,2-5,11-13H2,1H3. The van der Waals surface area contributed by atoms with Crippen LogP contribution >= 0.6 is 11.8 Å². The van der Waals surface area contributed by atoms with Crippen molar-refractivity contribution in [3.8, 4) is 11.8 Å². The van der Waals surface area contributed by atoms with Crippen molar-refractivity contribution in [2.75, 3.05) is 18.1 Å². The first-order chi connectivity index (χ1) is 8.86. The highest BCUT2D eigenvalue weighted by atomic mass is 32.2. The van der Waals surface area contributed by atoms with Crippen molar-refractivity contribution in [1.82, 2.24) is 0 Å². The molecular formula is C15H21NOS. The zero-order valence-electron chi connectivity index (χ0n) is 11.0. The fourth-order valence-electron chi connectivity index (χ4n) is 1.53. The Labute approximate surface area is 114 Å². The normalized spacial score (nSPS) is 10.0. The van der Waals surface area contributed by atoms with Gasteiger partial charge in [-0.25, -0.2) is 0 Å². The minimum atomic E-state index is 0.674. The van der Waals surface area contributed by atoms with E-state index in [1.807, 2.05) is 23.9 Å². The highest BCUT2D eigenvalue weighted by Crippen LogP contribution is 2.13. The molecule has 0 fully saturated rings. The summed E-state index contributed by atoms with van der Waals surface area (Å²) >= 11 is 1.90. The predicted molar refractivity (Wildman–Crippen MR) is 78.1 cm³/mol. The fraction of sp³-hybridized carbons (Fsp3) is 0.533. The van der Waals surface area contributed by atoms with Crippen molar-refractivity contribution in [3.05, 3.63) is 29.8 Å². The summed E-state index contributed by atoms with van der Waals surface area (Å²) in [4.78, 5) is 0. The summed E-state index contributed by atoms with van der Waals surface area (Å²) in [5.41, 5.74) is 1.34. The molecule has 0 spiro atoms. The number of hydrogen-bond donors (Lipinski definition) is 0. The Morgan fingerprint density at radius 3 is 2.56 bits per heavy atom. The molecule has 0 aliphatic heterocycles. The van der Waals surface area contributed by atoms with E-state index in [1.165, 1.54) is 5.56 Å². The molecule has 0 aromatic heterocycles. The van der Waals surface area contributed by atoms with Crippen LogP contribution in [0.25, 0.3) is 0 Å². The van der Waals surface area contributed by atoms with E-state index < -0.39 is 0 Å². The molecule has 98 valence electrons. The molecule has 1 aromatic rings. The number of aryl methyl sites for hydroxylation is 1. The van der Waals surface area contributed by atoms with Gasteiger partial charge in [0.25, 0.3) is 0 Å². The number of thioether (sulfide) groups is 1. The largest absolute Gasteiger partial charge is 0.494 e. The van der Waals surface area contributed by atoms with E-state index in [4.69, 9.17) is 10.00 Å². The molecule has 0 unspecified atom stereocenters. The zero-order chi connectivity index (χ0) is 13.1. The summed E-state index contributed by atoms with van der Waals surface area (Å²) in [6.45, 7) is 2.93. The molecule has 0 radical (unpaired) electrons. The van der Waals surface area contributed by atoms with Crippen molar-refractivity contribution in [1.29, 1.82) is 5.26 Å². The number of nitriles is 1. The molecule has 1 rings (SSSR count). The quantitative estimate of drug-likeness (QED) is 0.630. The Morgan fingerprint density at radius 2 is 1.89 bits per heavy atom. The number of ether oxygens (including phenoxy) is 1. The molecule has 0 aliphatic rings. The second-order valence-corrected chi connectivity index (χ2v) is 5.30. The van der Waals surface area contributed by atoms with Gasteiger partial charge in [0, 0.05) is 6.42 Å². The predicted octanol–water partition coefficient (Wildman–Crippen LogP) is 4.05. The van der Waals surface area contributed by atoms with E-state index >= 15 is 0 Å². The van der Waals surface area contributed by atoms with E-state index in [-0.39, 0.29) is 0 Å². The van der Waals surface area contributed by atoms with Gasteiger partial charge in [0.15, 0.2) is 0 Å². The van der Waals surface area contributed by atoms with Crippen LogP contribution in [0.15, 0.2) is 24.3 Å². The van der Waals surface area contributed by atoms with Gasteiger partial charge in [0.1, 0.15) is 5.75 Å². The highest BCUT2D eigenvalue weighted by Gasteiger charge is 1.95. The van der Waals surface area contributed by atoms with Gasteiger partial charge in [0.2, 0.25) is 0 Å². The average Bonchev–Trinajstić information content (AvgIpc) is 2.42. The van der Waals surface area contributed by atoms with E-state index in [2.05, 4.69) is 25.1 Å². The van der Waals surface area contributed by atoms with Gasteiger partial charge < -0.3 is 4.74 Å². The second-order valence-electron chi connectivity index (χ2n) is 4.07. The molecule has 18 heavy (non-hydrogen) atoms. The van der Waals surface area contributed by atoms with Gasteiger partial charge in [-0.1, -0.05) is 19.1 Å². The molecule has 0 amide bonds. The molecule has 3 heteroatoms. The van der Waals surface area contributed by atoms with Crippen molar-refractivity contribution in [2.45, 2.75) is 32.6 Å². The summed E-state index contributed by atoms with van der Waals surface area (Å²) in [6, 6.07) is 10.5. The van der Waals surface area contributed by atoms with Crippen molar-refractivity contribution < 1.29 is 4.74 Å². The van der Waals surface area contributed by atoms with Crippen molar-refractivity contribution in [2.24, 2.45) is 0 Å². The monoisotopic (exact) mass is 263 g/mol. The first-order valence-electron chi connectivity index (χ1n) is 6.53. The molecule has 1 aromatic carbocycles. The van der Waals surface area contributed by atoms with E-state index in [9.17, 15) is 0 Å². The summed E-state index contributed by atoms with van der Waals surface area (Å²) < 4.78 is 5.67. The molecule has 0 saturated heterocycles. The maximum absolute atomic E-state index is 8.39. The number of rotatable bonds is 9. The number of hydrogen-bond acceptors (Lipinski definition) is 3. The van der Waals surface area contributed by atoms with Crippen LogP contribution in [0.3, 0.4) is 0 Å². The third-order valence-corrected chi connectivity index (χ3v) is 3.77. The first kappa shape index (κ1) is 14.9. The van der Waals surface area contributed by atoms with Gasteiger partial charge in [-0.05, 0) is 48.5 Å². The van der Waals surface area contributed by atoms with Gasteiger partial charge in [-0.15, -0.1) is 0 Å². The Balaban J connectivity index is 2.02. The lowest BCUT2D eigenvalue weighted by Crippen LogP contribution is -1.99. The Kier molecular flexibility index (Phi) is 8.16. The molecule has 0 N–H and O–H groups in total. The molecular weight excluding hydrogens is 242 g/mol. The second kappa shape index (κ2) is 9.85. The van der Waals surface area contributed by atoms with Gasteiger partial charge >= 0.3 is 0 Å². The first-order valence-corrected chi connectivity index (χ1v) is 7.68. The fourth-order valence-corrected chi connectivity index (χ4v) is 2.40. The lowest BCUT2D eigenvalue weighted by atomic mass is 10.2. The van der Waals surface area contributed by atoms with Gasteiger partial charge in [-0.2, -0.15) is 17.0 Å². The van der Waals surface area contributed by atoms with Crippen LogP contribution in [0.1, 0.15) is 31.7 Å². The van der Waals surface area contributed by atoms with Crippen LogP contribution in [0.5, 0.6) is 5.75 Å². The summed E-state index contributed by atoms with van der Waals surface area (Å²) in [7, 11) is 0. The number of benzene rings is 1. The minimum absolute atomic E-state index is 0.674. The topological polar surface area (TPSA) is 33.0 Å². The van der Waals surface area contributed by atoms with Crippen LogP contribution in [-0.4, -0.2) is 18.1 Å². The van der Waals surface area contributed by atoms with Crippen LogP contribution in [0.4, 0.5) is 0 Å². The summed E-state index contributed by atoms with van der Waals surface area (Å²) in [6.07, 6.45) is 3.81. The van der Waals surface area contributed by atoms with Crippen molar-refractivity contribution >= 4 is 11.8 Å². The lowest BCUT2D eigenvalue weighted by Gasteiger charge is -2.06. The molecule has 0 heterocycles. The third kappa shape index (κ3) is 6.56. The van der Waals surface area contributed by atoms with Crippen molar-refractivity contribution in [3.63, 3.8) is 0 Å². The van der Waals surface area contributed by atoms with E-state index in [1.54, 1.807) is 0 Å².